The van der Waals surface area contributed by atoms with Crippen LogP contribution in [0, 0.1) is 34.3 Å². The van der Waals surface area contributed by atoms with E-state index in [9.17, 15) is 55.7 Å². The lowest BCUT2D eigenvalue weighted by Gasteiger charge is -2.39. The van der Waals surface area contributed by atoms with E-state index in [2.05, 4.69) is 48.7 Å². The number of hydrogen-bond acceptors (Lipinski definition) is 11. The number of pyridine rings is 2. The Morgan fingerprint density at radius 3 is 1.89 bits per heavy atom. The summed E-state index contributed by atoms with van der Waals surface area (Å²) in [6.07, 6.45) is -11.1. The minimum Gasteiger partial charge on any atom is -0.465 e. The number of piperazine rings is 1. The monoisotopic (exact) mass is 1060 g/mol. The number of methoxy groups -OCH3 is 1. The summed E-state index contributed by atoms with van der Waals surface area (Å²) < 4.78 is 123. The summed E-state index contributed by atoms with van der Waals surface area (Å²) in [5, 5.41) is 27.7. The van der Waals surface area contributed by atoms with Gasteiger partial charge in [0.05, 0.1) is 35.8 Å². The zero-order valence-corrected chi connectivity index (χ0v) is 41.6. The van der Waals surface area contributed by atoms with E-state index in [0.717, 1.165) is 51.0 Å². The van der Waals surface area contributed by atoms with Crippen molar-refractivity contribution in [3.63, 3.8) is 0 Å². The van der Waals surface area contributed by atoms with Gasteiger partial charge in [-0.2, -0.15) is 26.3 Å². The summed E-state index contributed by atoms with van der Waals surface area (Å²) in [6.45, 7) is 1.85. The Labute approximate surface area is 427 Å². The number of carbonyl (C=O) groups excluding carboxylic acids is 3. The molecule has 24 heteroatoms. The molecule has 0 aliphatic carbocycles. The van der Waals surface area contributed by atoms with E-state index in [4.69, 9.17) is 0 Å². The molecule has 6 N–H and O–H groups in total. The number of hydrazine groups is 1. The maximum Gasteiger partial charge on any atom is 0.407 e. The molecule has 2 aromatic carbocycles. The van der Waals surface area contributed by atoms with Crippen LogP contribution in [0.15, 0.2) is 79.1 Å². The van der Waals surface area contributed by atoms with Crippen molar-refractivity contribution in [2.75, 3.05) is 38.7 Å². The second-order valence-electron chi connectivity index (χ2n) is 19.6. The minimum atomic E-state index is -5.23. The Morgan fingerprint density at radius 1 is 0.800 bits per heavy atom. The SMILES string of the molecule is COC(=O)N[C@H](C(=O)N[C@@H](Cc1ccc(C#Cc2ccc(N3CC4CCC(C3)N4C)nc2)cc1)[C@@H](O)CN(Cc1c(F)cc(-c2ccccn2)cc1F)NC(=O)[C@@H](NC(=O)O)C(C)(C)C(F)(F)F)C(C)(C)C(F)(F)F. The number of fused-ring (bicyclic) bond motifs is 2. The fraction of sp³-hybridized carbons (Fsp3) is 0.451. The number of benzene rings is 2. The zero-order valence-electron chi connectivity index (χ0n) is 41.6. The molecule has 2 fully saturated rings. The predicted molar refractivity (Wildman–Crippen MR) is 257 cm³/mol. The number of ether oxygens (including phenoxy) is 1. The molecule has 2 aromatic heterocycles. The van der Waals surface area contributed by atoms with Gasteiger partial charge in [0.1, 0.15) is 29.5 Å². The number of hydrogen-bond donors (Lipinski definition) is 6. The summed E-state index contributed by atoms with van der Waals surface area (Å²) in [7, 11) is 2.97. The minimum absolute atomic E-state index is 0.0435. The Kier molecular flexibility index (Phi) is 17.7. The van der Waals surface area contributed by atoms with Crippen LogP contribution in [0.4, 0.5) is 50.5 Å². The zero-order chi connectivity index (χ0) is 55.2. The third-order valence-electron chi connectivity index (χ3n) is 13.7. The topological polar surface area (TPSA) is 202 Å². The van der Waals surface area contributed by atoms with Crippen molar-refractivity contribution in [2.24, 2.45) is 10.8 Å². The van der Waals surface area contributed by atoms with Crippen molar-refractivity contribution < 1.29 is 69.3 Å². The van der Waals surface area contributed by atoms with Crippen molar-refractivity contribution in [1.82, 2.24) is 41.3 Å². The molecule has 0 radical (unpaired) electrons. The number of aliphatic hydroxyl groups is 1. The van der Waals surface area contributed by atoms with Crippen LogP contribution in [0.2, 0.25) is 0 Å². The lowest BCUT2D eigenvalue weighted by Crippen LogP contribution is -2.63. The number of likely N-dealkylation sites (N-methyl/N-ethyl adjacent to an activating group) is 1. The molecule has 75 heavy (non-hydrogen) atoms. The van der Waals surface area contributed by atoms with Crippen molar-refractivity contribution in [3.05, 3.63) is 113 Å². The quantitative estimate of drug-likeness (QED) is 0.0379. The highest BCUT2D eigenvalue weighted by Gasteiger charge is 2.57. The van der Waals surface area contributed by atoms with Crippen LogP contribution in [0.5, 0.6) is 0 Å². The molecule has 6 atom stereocenters. The summed E-state index contributed by atoms with van der Waals surface area (Å²) in [5.41, 5.74) is -3.45. The Balaban J connectivity index is 1.32. The molecule has 16 nitrogen and oxygen atoms in total. The lowest BCUT2D eigenvalue weighted by molar-refractivity contribution is -0.221. The van der Waals surface area contributed by atoms with E-state index in [1.165, 1.54) is 29.7 Å². The third-order valence-corrected chi connectivity index (χ3v) is 13.7. The molecule has 4 aromatic rings. The van der Waals surface area contributed by atoms with E-state index in [-0.39, 0.29) is 11.3 Å². The van der Waals surface area contributed by atoms with Crippen LogP contribution in [0.25, 0.3) is 11.3 Å². The highest BCUT2D eigenvalue weighted by atomic mass is 19.4. The first kappa shape index (κ1) is 57.2. The molecule has 4 heterocycles. The molecule has 2 saturated heterocycles. The van der Waals surface area contributed by atoms with Crippen LogP contribution >= 0.6 is 0 Å². The normalized spacial score (nSPS) is 17.7. The summed E-state index contributed by atoms with van der Waals surface area (Å²) in [5.74, 6) is 1.14. The number of aliphatic hydroxyl groups excluding tert-OH is 1. The Morgan fingerprint density at radius 2 is 1.37 bits per heavy atom. The van der Waals surface area contributed by atoms with E-state index >= 15 is 8.78 Å². The number of anilines is 1. The molecule has 2 aliphatic heterocycles. The van der Waals surface area contributed by atoms with Gasteiger partial charge in [0.25, 0.3) is 5.91 Å². The van der Waals surface area contributed by atoms with Crippen LogP contribution in [-0.2, 0) is 27.3 Å². The number of aromatic nitrogens is 2. The van der Waals surface area contributed by atoms with Crippen molar-refractivity contribution >= 4 is 29.8 Å². The largest absolute Gasteiger partial charge is 0.465 e. The number of alkyl halides is 6. The number of halogens is 8. The van der Waals surface area contributed by atoms with E-state index < -0.39 is 108 Å². The molecule has 2 unspecified atom stereocenters. The van der Waals surface area contributed by atoms with Crippen molar-refractivity contribution in [2.45, 2.75) is 102 Å². The van der Waals surface area contributed by atoms with Crippen molar-refractivity contribution in [1.29, 1.82) is 0 Å². The molecule has 0 saturated carbocycles. The number of rotatable bonds is 17. The predicted octanol–water partition coefficient (Wildman–Crippen LogP) is 6.56. The van der Waals surface area contributed by atoms with Gasteiger partial charge in [0.2, 0.25) is 5.91 Å². The molecule has 6 rings (SSSR count). The standard InChI is InChI=1S/C51H57F8N9O7/c1-48(2,50(54,55)56)42(64-47(74)75-6)44(70)62-39(21-30-13-10-29(11-14-30)12-15-31-16-19-41(61-24-31)67-25-33-17-18-34(26-67)66(33)5)40(69)28-68(65-45(71)43(63-46(72)73)49(3,4)51(57,58)59)27-35-36(52)22-32(23-37(35)53)38-9-7-8-20-60-38/h7-11,13-14,16,19-20,22-24,33-34,39-40,42-43,63,69H,17-18,21,25-28H2,1-6H3,(H,62,70)(H,64,74)(H,65,71)(H,72,73)/t33?,34?,39-,40-,42+,43+/m0/s1. The number of alkyl carbamates (subject to hydrolysis) is 1. The first-order chi connectivity index (χ1) is 35.1. The summed E-state index contributed by atoms with van der Waals surface area (Å²) in [4.78, 5) is 65.3. The van der Waals surface area contributed by atoms with Gasteiger partial charge < -0.3 is 35.8 Å². The fourth-order valence-electron chi connectivity index (χ4n) is 8.74. The molecule has 4 amide bonds. The maximum atomic E-state index is 15.9. The number of nitrogens with one attached hydrogen (secondary N) is 4. The molecule has 404 valence electrons. The van der Waals surface area contributed by atoms with Gasteiger partial charge in [-0.1, -0.05) is 30.0 Å². The third kappa shape index (κ3) is 13.8. The van der Waals surface area contributed by atoms with Gasteiger partial charge in [-0.25, -0.2) is 28.4 Å². The van der Waals surface area contributed by atoms with Crippen LogP contribution in [0.3, 0.4) is 0 Å². The molecular weight excluding hydrogens is 1000 g/mol. The Bertz CT molecular complexity index is 2700. The number of carbonyl (C=O) groups is 4. The van der Waals surface area contributed by atoms with E-state index in [1.54, 1.807) is 30.5 Å². The first-order valence-corrected chi connectivity index (χ1v) is 23.5. The molecule has 0 spiro atoms. The first-order valence-electron chi connectivity index (χ1n) is 23.5. The highest BCUT2D eigenvalue weighted by molar-refractivity contribution is 5.87. The van der Waals surface area contributed by atoms with Gasteiger partial charge in [-0.3, -0.25) is 24.9 Å². The van der Waals surface area contributed by atoms with Crippen LogP contribution < -0.4 is 26.3 Å². The molecule has 2 bridgehead atoms. The summed E-state index contributed by atoms with van der Waals surface area (Å²) >= 11 is 0. The van der Waals surface area contributed by atoms with E-state index in [1.807, 2.05) is 22.9 Å². The highest BCUT2D eigenvalue weighted by Crippen LogP contribution is 2.42. The maximum absolute atomic E-state index is 15.9. The van der Waals surface area contributed by atoms with Crippen LogP contribution in [-0.4, -0.2) is 137 Å². The number of carboxylic acid groups (broad SMARTS) is 1. The Hall–Kier alpha value is -7.10. The fourth-order valence-corrected chi connectivity index (χ4v) is 8.74. The van der Waals surface area contributed by atoms with Gasteiger partial charge >= 0.3 is 24.5 Å². The van der Waals surface area contributed by atoms with Gasteiger partial charge in [0, 0.05) is 72.9 Å². The average molecular weight is 1060 g/mol. The van der Waals surface area contributed by atoms with Gasteiger partial charge in [-0.05, 0) is 108 Å². The number of nitrogens with zero attached hydrogens (tertiary/aromatic N) is 5. The number of amides is 4. The lowest BCUT2D eigenvalue weighted by atomic mass is 9.82. The van der Waals surface area contributed by atoms with Crippen LogP contribution in [0.1, 0.15) is 62.8 Å². The smallest absolute Gasteiger partial charge is 0.407 e. The van der Waals surface area contributed by atoms with Gasteiger partial charge in [-0.15, -0.1) is 0 Å². The van der Waals surface area contributed by atoms with E-state index in [0.29, 0.717) is 61.5 Å². The van der Waals surface area contributed by atoms with Gasteiger partial charge in [0.15, 0.2) is 0 Å². The second kappa shape index (κ2) is 23.2. The molecule has 2 aliphatic rings. The second-order valence-corrected chi connectivity index (χ2v) is 19.6. The molecular formula is C51H57F8N9O7. The van der Waals surface area contributed by atoms with Crippen molar-refractivity contribution in [3.8, 4) is 23.1 Å². The average Bonchev–Trinajstić information content (AvgIpc) is 3.52. The summed E-state index contributed by atoms with van der Waals surface area (Å²) in [6, 6.07) is 10.3.